The normalized spacial score (nSPS) is 10.9. The average Bonchev–Trinajstić information content (AvgIpc) is 3.21. The highest BCUT2D eigenvalue weighted by Gasteiger charge is 2.10. The van der Waals surface area contributed by atoms with E-state index in [1.54, 1.807) is 42.6 Å². The second kappa shape index (κ2) is 9.35. The number of anilines is 2. The van der Waals surface area contributed by atoms with Crippen LogP contribution in [-0.2, 0) is 4.79 Å². The van der Waals surface area contributed by atoms with Gasteiger partial charge < -0.3 is 20.5 Å². The number of benzene rings is 2. The molecule has 0 aliphatic heterocycles. The van der Waals surface area contributed by atoms with Crippen LogP contribution in [0.15, 0.2) is 60.9 Å². The summed E-state index contributed by atoms with van der Waals surface area (Å²) in [5.74, 6) is 1.39. The van der Waals surface area contributed by atoms with E-state index < -0.39 is 6.09 Å². The van der Waals surface area contributed by atoms with Gasteiger partial charge in [-0.2, -0.15) is 9.78 Å². The lowest BCUT2D eigenvalue weighted by molar-refractivity contribution is -0.123. The second-order valence-corrected chi connectivity index (χ2v) is 7.54. The predicted molar refractivity (Wildman–Crippen MR) is 123 cm³/mol. The van der Waals surface area contributed by atoms with E-state index in [9.17, 15) is 9.59 Å². The van der Waals surface area contributed by atoms with Crippen molar-refractivity contribution in [2.45, 2.75) is 19.9 Å². The molecule has 0 radical (unpaired) electrons. The number of amides is 1. The zero-order valence-corrected chi connectivity index (χ0v) is 18.0. The summed E-state index contributed by atoms with van der Waals surface area (Å²) >= 11 is 0. The first kappa shape index (κ1) is 21.8. The highest BCUT2D eigenvalue weighted by atomic mass is 16.5. The quantitative estimate of drug-likeness (QED) is 0.392. The minimum absolute atomic E-state index is 0.0464. The number of nitrogens with one attached hydrogen (secondary N) is 2. The minimum Gasteiger partial charge on any atom is -0.484 e. The van der Waals surface area contributed by atoms with Gasteiger partial charge in [-0.1, -0.05) is 12.1 Å². The van der Waals surface area contributed by atoms with Crippen molar-refractivity contribution in [3.8, 4) is 17.1 Å². The largest absolute Gasteiger partial charge is 0.484 e. The first-order valence-corrected chi connectivity index (χ1v) is 10.2. The molecule has 0 spiro atoms. The summed E-state index contributed by atoms with van der Waals surface area (Å²) in [6.45, 7) is 3.70. The molecule has 0 bridgehead atoms. The fourth-order valence-corrected chi connectivity index (χ4v) is 3.22. The van der Waals surface area contributed by atoms with Crippen molar-refractivity contribution in [2.24, 2.45) is 0 Å². The van der Waals surface area contributed by atoms with E-state index in [0.29, 0.717) is 28.3 Å². The fourth-order valence-electron chi connectivity index (χ4n) is 3.22. The Balaban J connectivity index is 1.49. The molecule has 4 rings (SSSR count). The number of rotatable bonds is 7. The Hall–Kier alpha value is -4.47. The van der Waals surface area contributed by atoms with E-state index in [2.05, 4.69) is 25.7 Å². The Morgan fingerprint density at radius 1 is 1.15 bits per heavy atom. The SMILES string of the molecule is CC(C)NC(=O)COc1cccc(-c2nccc(Nc3ccc4c(cnn4C(=O)O)c3)n2)c1. The smallest absolute Gasteiger partial charge is 0.432 e. The van der Waals surface area contributed by atoms with Crippen molar-refractivity contribution in [3.05, 3.63) is 60.9 Å². The number of ether oxygens (including phenoxy) is 1. The van der Waals surface area contributed by atoms with E-state index in [4.69, 9.17) is 9.84 Å². The van der Waals surface area contributed by atoms with Crippen LogP contribution in [0.1, 0.15) is 13.8 Å². The highest BCUT2D eigenvalue weighted by molar-refractivity contribution is 5.89. The van der Waals surface area contributed by atoms with Crippen LogP contribution < -0.4 is 15.4 Å². The number of hydrogen-bond acceptors (Lipinski definition) is 7. The molecule has 0 unspecified atom stereocenters. The van der Waals surface area contributed by atoms with Crippen LogP contribution in [0.3, 0.4) is 0 Å². The molecule has 0 saturated heterocycles. The van der Waals surface area contributed by atoms with Crippen LogP contribution in [0, 0.1) is 0 Å². The van der Waals surface area contributed by atoms with E-state index in [1.807, 2.05) is 26.0 Å². The van der Waals surface area contributed by atoms with E-state index in [1.165, 1.54) is 6.20 Å². The van der Waals surface area contributed by atoms with Crippen LogP contribution in [-0.4, -0.2) is 49.5 Å². The van der Waals surface area contributed by atoms with Crippen molar-refractivity contribution < 1.29 is 19.4 Å². The van der Waals surface area contributed by atoms with Crippen molar-refractivity contribution in [3.63, 3.8) is 0 Å². The third kappa shape index (κ3) is 5.24. The Labute approximate surface area is 189 Å². The standard InChI is InChI=1S/C23H22N6O4/c1-14(2)26-21(30)13-33-18-5-3-4-15(11-18)22-24-9-8-20(28-22)27-17-6-7-19-16(10-17)12-25-29(19)23(31)32/h3-12,14H,13H2,1-2H3,(H,26,30)(H,31,32)(H,24,27,28). The van der Waals surface area contributed by atoms with Crippen molar-refractivity contribution >= 4 is 34.4 Å². The van der Waals surface area contributed by atoms with Gasteiger partial charge in [-0.25, -0.2) is 14.8 Å². The number of fused-ring (bicyclic) bond motifs is 1. The predicted octanol–water partition coefficient (Wildman–Crippen LogP) is 3.67. The van der Waals surface area contributed by atoms with Gasteiger partial charge in [0.25, 0.3) is 5.91 Å². The fraction of sp³-hybridized carbons (Fsp3) is 0.174. The van der Waals surface area contributed by atoms with Crippen molar-refractivity contribution in [2.75, 3.05) is 11.9 Å². The number of nitrogens with zero attached hydrogens (tertiary/aromatic N) is 4. The molecule has 33 heavy (non-hydrogen) atoms. The van der Waals surface area contributed by atoms with Crippen LogP contribution >= 0.6 is 0 Å². The molecule has 2 aromatic carbocycles. The first-order valence-electron chi connectivity index (χ1n) is 10.2. The zero-order chi connectivity index (χ0) is 23.4. The number of carbonyl (C=O) groups is 2. The molecule has 10 heteroatoms. The Kier molecular flexibility index (Phi) is 6.16. The van der Waals surface area contributed by atoms with Crippen molar-refractivity contribution in [1.29, 1.82) is 0 Å². The lowest BCUT2D eigenvalue weighted by atomic mass is 10.2. The topological polar surface area (TPSA) is 131 Å². The minimum atomic E-state index is -1.14. The van der Waals surface area contributed by atoms with Crippen LogP contribution in [0.25, 0.3) is 22.3 Å². The Morgan fingerprint density at radius 2 is 2.00 bits per heavy atom. The van der Waals surface area contributed by atoms with Gasteiger partial charge >= 0.3 is 6.09 Å². The summed E-state index contributed by atoms with van der Waals surface area (Å²) in [5, 5.41) is 19.7. The zero-order valence-electron chi connectivity index (χ0n) is 18.0. The van der Waals surface area contributed by atoms with Gasteiger partial charge in [-0.15, -0.1) is 0 Å². The molecule has 0 aliphatic rings. The molecular weight excluding hydrogens is 424 g/mol. The summed E-state index contributed by atoms with van der Waals surface area (Å²) in [5.41, 5.74) is 1.96. The number of hydrogen-bond donors (Lipinski definition) is 3. The molecular formula is C23H22N6O4. The maximum atomic E-state index is 11.8. The van der Waals surface area contributed by atoms with Crippen LogP contribution in [0.4, 0.5) is 16.3 Å². The lowest BCUT2D eigenvalue weighted by Crippen LogP contribution is -2.34. The maximum absolute atomic E-state index is 11.8. The molecule has 0 fully saturated rings. The molecule has 168 valence electrons. The summed E-state index contributed by atoms with van der Waals surface area (Å²) in [6, 6.07) is 14.2. The molecule has 0 saturated carbocycles. The van der Waals surface area contributed by atoms with Gasteiger partial charge in [0, 0.05) is 28.9 Å². The van der Waals surface area contributed by atoms with E-state index in [-0.39, 0.29) is 18.6 Å². The maximum Gasteiger partial charge on any atom is 0.432 e. The molecule has 4 aromatic rings. The third-order valence-electron chi connectivity index (χ3n) is 4.59. The number of carboxylic acid groups (broad SMARTS) is 1. The van der Waals surface area contributed by atoms with Gasteiger partial charge in [0.05, 0.1) is 11.7 Å². The van der Waals surface area contributed by atoms with E-state index >= 15 is 0 Å². The monoisotopic (exact) mass is 446 g/mol. The van der Waals surface area contributed by atoms with Gasteiger partial charge in [-0.3, -0.25) is 4.79 Å². The van der Waals surface area contributed by atoms with Gasteiger partial charge in [0.1, 0.15) is 11.6 Å². The van der Waals surface area contributed by atoms with Gasteiger partial charge in [0.15, 0.2) is 12.4 Å². The molecule has 0 atom stereocenters. The van der Waals surface area contributed by atoms with Crippen LogP contribution in [0.2, 0.25) is 0 Å². The third-order valence-corrected chi connectivity index (χ3v) is 4.59. The second-order valence-electron chi connectivity index (χ2n) is 7.54. The Morgan fingerprint density at radius 3 is 2.79 bits per heavy atom. The molecule has 2 heterocycles. The summed E-state index contributed by atoms with van der Waals surface area (Å²) in [7, 11) is 0. The average molecular weight is 446 g/mol. The number of aromatic nitrogens is 4. The number of carbonyl (C=O) groups excluding carboxylic acids is 1. The summed E-state index contributed by atoms with van der Waals surface area (Å²) < 4.78 is 6.50. The molecule has 1 amide bonds. The van der Waals surface area contributed by atoms with Crippen LogP contribution in [0.5, 0.6) is 5.75 Å². The van der Waals surface area contributed by atoms with Gasteiger partial charge in [0.2, 0.25) is 0 Å². The molecule has 2 aromatic heterocycles. The highest BCUT2D eigenvalue weighted by Crippen LogP contribution is 2.24. The van der Waals surface area contributed by atoms with E-state index in [0.717, 1.165) is 15.9 Å². The molecule has 3 N–H and O–H groups in total. The summed E-state index contributed by atoms with van der Waals surface area (Å²) in [6.07, 6.45) is 1.99. The summed E-state index contributed by atoms with van der Waals surface area (Å²) in [4.78, 5) is 31.9. The first-order chi connectivity index (χ1) is 15.9. The lowest BCUT2D eigenvalue weighted by Gasteiger charge is -2.11. The Bertz CT molecular complexity index is 1320. The van der Waals surface area contributed by atoms with Crippen molar-refractivity contribution in [1.82, 2.24) is 25.1 Å². The molecule has 10 nitrogen and oxygen atoms in total. The van der Waals surface area contributed by atoms with Gasteiger partial charge in [-0.05, 0) is 50.2 Å². The molecule has 0 aliphatic carbocycles.